The number of hydrogen-bond donors (Lipinski definition) is 0. The predicted molar refractivity (Wildman–Crippen MR) is 133 cm³/mol. The van der Waals surface area contributed by atoms with Crippen molar-refractivity contribution in [2.45, 2.75) is 47.0 Å². The number of carbonyl (C=O) groups is 1. The third-order valence-electron chi connectivity index (χ3n) is 4.84. The number of hydrogen-bond acceptors (Lipinski definition) is 6. The van der Waals surface area contributed by atoms with Gasteiger partial charge in [-0.1, -0.05) is 70.5 Å². The Morgan fingerprint density at radius 2 is 1.82 bits per heavy atom. The summed E-state index contributed by atoms with van der Waals surface area (Å²) in [5, 5.41) is 4.85. The number of nitrogens with zero attached hydrogens (tertiary/aromatic N) is 3. The molecule has 2 rings (SSSR count). The molecule has 0 radical (unpaired) electrons. The van der Waals surface area contributed by atoms with Crippen LogP contribution in [0.5, 0.6) is 0 Å². The molecule has 1 aromatic carbocycles. The van der Waals surface area contributed by atoms with E-state index >= 15 is 0 Å². The van der Waals surface area contributed by atoms with Crippen molar-refractivity contribution in [2.24, 2.45) is 18.0 Å². The number of allylic oxidation sites excluding steroid dienone is 1. The smallest absolute Gasteiger partial charge is 0.454 e. The van der Waals surface area contributed by atoms with Crippen LogP contribution < -0.4 is 0 Å². The highest BCUT2D eigenvalue weighted by atomic mass is 35.5. The maximum Gasteiger partial charge on any atom is 0.511 e. The maximum atomic E-state index is 11.9. The Hall–Kier alpha value is -2.80. The van der Waals surface area contributed by atoms with Crippen LogP contribution in [0.2, 0.25) is 5.02 Å². The molecule has 0 aliphatic carbocycles. The van der Waals surface area contributed by atoms with Crippen LogP contribution in [0.1, 0.15) is 57.1 Å². The molecule has 0 unspecified atom stereocenters. The van der Waals surface area contributed by atoms with Crippen molar-refractivity contribution >= 4 is 35.3 Å². The minimum atomic E-state index is -0.796. The Balaban J connectivity index is 2.49. The second kappa shape index (κ2) is 11.4. The highest BCUT2D eigenvalue weighted by Gasteiger charge is 2.23. The molecule has 8 heteroatoms. The van der Waals surface area contributed by atoms with Crippen molar-refractivity contribution in [1.82, 2.24) is 9.78 Å². The van der Waals surface area contributed by atoms with E-state index in [0.29, 0.717) is 27.7 Å². The lowest BCUT2D eigenvalue weighted by molar-refractivity contribution is -0.00942. The zero-order chi connectivity index (χ0) is 24.8. The normalized spacial score (nSPS) is 12.8. The molecule has 0 spiro atoms. The van der Waals surface area contributed by atoms with E-state index in [2.05, 4.69) is 43.0 Å². The molecule has 0 fully saturated rings. The largest absolute Gasteiger partial charge is 0.511 e. The summed E-state index contributed by atoms with van der Waals surface area (Å²) < 4.78 is 17.8. The summed E-state index contributed by atoms with van der Waals surface area (Å²) in [5.74, 6) is 0.599. The Bertz CT molecular complexity index is 1020. The van der Waals surface area contributed by atoms with Gasteiger partial charge < -0.3 is 14.2 Å². The fourth-order valence-electron chi connectivity index (χ4n) is 3.11. The number of aromatic nitrogens is 2. The number of aliphatic imine (C=N–C) groups is 1. The molecule has 0 amide bonds. The topological polar surface area (TPSA) is 74.9 Å². The number of aryl methyl sites for hydroxylation is 2. The van der Waals surface area contributed by atoms with Crippen LogP contribution in [0, 0.1) is 12.8 Å². The molecular formula is C25H34ClN3O4. The van der Waals surface area contributed by atoms with Crippen molar-refractivity contribution in [1.29, 1.82) is 0 Å². The molecule has 2 aromatic rings. The van der Waals surface area contributed by atoms with Crippen molar-refractivity contribution in [3.05, 3.63) is 51.8 Å². The zero-order valence-corrected chi connectivity index (χ0v) is 21.5. The number of ether oxygens (including phenoxy) is 3. The summed E-state index contributed by atoms with van der Waals surface area (Å²) in [7, 11) is 3.45. The first kappa shape index (κ1) is 26.5. The Morgan fingerprint density at radius 3 is 2.30 bits per heavy atom. The van der Waals surface area contributed by atoms with Crippen molar-refractivity contribution in [3.8, 4) is 0 Å². The van der Waals surface area contributed by atoms with E-state index in [0.717, 1.165) is 5.56 Å². The van der Waals surface area contributed by atoms with Gasteiger partial charge in [0.2, 0.25) is 6.79 Å². The van der Waals surface area contributed by atoms with Crippen LogP contribution in [0.4, 0.5) is 4.79 Å². The Labute approximate surface area is 201 Å². The van der Waals surface area contributed by atoms with Crippen LogP contribution in [-0.4, -0.2) is 42.6 Å². The van der Waals surface area contributed by atoms with Crippen molar-refractivity contribution in [2.75, 3.05) is 20.4 Å². The summed E-state index contributed by atoms with van der Waals surface area (Å²) in [6.45, 7) is 12.1. The maximum absolute atomic E-state index is 11.9. The van der Waals surface area contributed by atoms with Gasteiger partial charge in [0.15, 0.2) is 5.76 Å². The summed E-state index contributed by atoms with van der Waals surface area (Å²) >= 11 is 6.58. The first-order valence-electron chi connectivity index (χ1n) is 10.8. The molecule has 7 nitrogen and oxygen atoms in total. The number of halogens is 1. The fraction of sp³-hybridized carbons (Fsp3) is 0.480. The van der Waals surface area contributed by atoms with Gasteiger partial charge in [0, 0.05) is 25.9 Å². The van der Waals surface area contributed by atoms with Gasteiger partial charge in [-0.15, -0.1) is 0 Å². The number of benzene rings is 1. The Kier molecular flexibility index (Phi) is 9.11. The van der Waals surface area contributed by atoms with Gasteiger partial charge in [-0.25, -0.2) is 4.79 Å². The third-order valence-corrected chi connectivity index (χ3v) is 5.30. The molecule has 0 bridgehead atoms. The third kappa shape index (κ3) is 7.09. The quantitative estimate of drug-likeness (QED) is 0.201. The molecule has 0 saturated carbocycles. The van der Waals surface area contributed by atoms with Gasteiger partial charge in [0.05, 0.1) is 17.3 Å². The van der Waals surface area contributed by atoms with Crippen molar-refractivity contribution in [3.63, 3.8) is 0 Å². The highest BCUT2D eigenvalue weighted by molar-refractivity contribution is 6.33. The van der Waals surface area contributed by atoms with E-state index in [1.54, 1.807) is 25.0 Å². The molecule has 0 saturated heterocycles. The Morgan fingerprint density at radius 1 is 1.18 bits per heavy atom. The van der Waals surface area contributed by atoms with Crippen LogP contribution in [0.3, 0.4) is 0 Å². The molecular weight excluding hydrogens is 442 g/mol. The molecule has 1 heterocycles. The highest BCUT2D eigenvalue weighted by Crippen LogP contribution is 2.33. The molecule has 33 heavy (non-hydrogen) atoms. The summed E-state index contributed by atoms with van der Waals surface area (Å²) in [4.78, 5) is 16.1. The van der Waals surface area contributed by atoms with Gasteiger partial charge in [0.25, 0.3) is 0 Å². The van der Waals surface area contributed by atoms with E-state index in [1.807, 2.05) is 32.9 Å². The lowest BCUT2D eigenvalue weighted by Crippen LogP contribution is -2.14. The first-order chi connectivity index (χ1) is 15.5. The standard InChI is InChI=1S/C25H34ClN3O4/c1-16(2)14-31-24(30)33-15-32-23(22-21(26)17(3)28-29(22)8)20(13-27-7)18-9-11-19(12-10-18)25(4,5)6/h9-13,16H,14-15H2,1-8H3/b23-20-,27-13?. The second-order valence-corrected chi connectivity index (χ2v) is 9.57. The van der Waals surface area contributed by atoms with E-state index < -0.39 is 6.16 Å². The molecule has 180 valence electrons. The van der Waals surface area contributed by atoms with Gasteiger partial charge in [0.1, 0.15) is 5.69 Å². The van der Waals surface area contributed by atoms with Gasteiger partial charge >= 0.3 is 6.16 Å². The van der Waals surface area contributed by atoms with Crippen LogP contribution in [0.15, 0.2) is 29.3 Å². The summed E-state index contributed by atoms with van der Waals surface area (Å²) in [6, 6.07) is 8.17. The van der Waals surface area contributed by atoms with Crippen molar-refractivity contribution < 1.29 is 19.0 Å². The monoisotopic (exact) mass is 475 g/mol. The van der Waals surface area contributed by atoms with E-state index in [-0.39, 0.29) is 24.7 Å². The minimum absolute atomic E-state index is 0.0211. The predicted octanol–water partition coefficient (Wildman–Crippen LogP) is 6.03. The van der Waals surface area contributed by atoms with E-state index in [1.165, 1.54) is 5.56 Å². The van der Waals surface area contributed by atoms with Crippen LogP contribution >= 0.6 is 11.6 Å². The average molecular weight is 476 g/mol. The van der Waals surface area contributed by atoms with Crippen LogP contribution in [-0.2, 0) is 26.7 Å². The average Bonchev–Trinajstić information content (AvgIpc) is 2.99. The van der Waals surface area contributed by atoms with E-state index in [4.69, 9.17) is 25.8 Å². The molecule has 0 atom stereocenters. The molecule has 1 aromatic heterocycles. The SMILES string of the molecule is CN=C/C(=C(/OCOC(=O)OCC(C)C)c1c(Cl)c(C)nn1C)c1ccc(C(C)(C)C)cc1. The second-order valence-electron chi connectivity index (χ2n) is 9.19. The van der Waals surface area contributed by atoms with Gasteiger partial charge in [-0.05, 0) is 29.4 Å². The minimum Gasteiger partial charge on any atom is -0.454 e. The first-order valence-corrected chi connectivity index (χ1v) is 11.2. The lowest BCUT2D eigenvalue weighted by Gasteiger charge is -2.20. The molecule has 0 N–H and O–H groups in total. The zero-order valence-electron chi connectivity index (χ0n) is 20.7. The lowest BCUT2D eigenvalue weighted by atomic mass is 9.86. The van der Waals surface area contributed by atoms with Gasteiger partial charge in [-0.3, -0.25) is 9.67 Å². The number of rotatable bonds is 8. The van der Waals surface area contributed by atoms with Crippen LogP contribution in [0.25, 0.3) is 11.3 Å². The number of carbonyl (C=O) groups excluding carboxylic acids is 1. The van der Waals surface area contributed by atoms with E-state index in [9.17, 15) is 4.79 Å². The molecule has 0 aliphatic heterocycles. The summed E-state index contributed by atoms with van der Waals surface area (Å²) in [5.41, 5.74) is 3.99. The summed E-state index contributed by atoms with van der Waals surface area (Å²) in [6.07, 6.45) is 0.896. The molecule has 0 aliphatic rings. The van der Waals surface area contributed by atoms with Gasteiger partial charge in [-0.2, -0.15) is 5.10 Å². The fourth-order valence-corrected chi connectivity index (χ4v) is 3.35.